The quantitative estimate of drug-likeness (QED) is 0.483. The van der Waals surface area contributed by atoms with E-state index < -0.39 is 29.3 Å². The van der Waals surface area contributed by atoms with Crippen LogP contribution in [0.3, 0.4) is 0 Å². The van der Waals surface area contributed by atoms with Gasteiger partial charge in [0.1, 0.15) is 5.82 Å². The van der Waals surface area contributed by atoms with Crippen LogP contribution in [0, 0.1) is 30.3 Å². The molecule has 1 aliphatic carbocycles. The molecule has 0 aromatic heterocycles. The Bertz CT molecular complexity index is 820. The highest BCUT2D eigenvalue weighted by atomic mass is 19.3. The van der Waals surface area contributed by atoms with E-state index in [1.165, 1.54) is 38.1 Å². The van der Waals surface area contributed by atoms with E-state index in [4.69, 9.17) is 0 Å². The molecule has 27 heavy (non-hydrogen) atoms. The average Bonchev–Trinajstić information content (AvgIpc) is 2.67. The molecule has 0 N–H and O–H groups in total. The standard InChI is InChI=1S/C22H23F5/c1-3-22(26,27)16-8-5-14(6-9-16)15-7-11-17(19(23)12-15)18-10-4-13(2)20(24)21(18)25/h4,7,10-12,14,16H,3,5-6,8-9H2,1-2H3. The first-order chi connectivity index (χ1) is 12.7. The second-order valence-electron chi connectivity index (χ2n) is 7.46. The van der Waals surface area contributed by atoms with Crippen molar-refractivity contribution in [2.24, 2.45) is 5.92 Å². The highest BCUT2D eigenvalue weighted by Crippen LogP contribution is 2.44. The van der Waals surface area contributed by atoms with Gasteiger partial charge >= 0.3 is 0 Å². The summed E-state index contributed by atoms with van der Waals surface area (Å²) in [5.74, 6) is -5.93. The minimum atomic E-state index is -2.65. The Morgan fingerprint density at radius 2 is 1.52 bits per heavy atom. The maximum Gasteiger partial charge on any atom is 0.250 e. The average molecular weight is 382 g/mol. The third-order valence-electron chi connectivity index (χ3n) is 5.83. The summed E-state index contributed by atoms with van der Waals surface area (Å²) in [6.45, 7) is 2.94. The van der Waals surface area contributed by atoms with Crippen molar-refractivity contribution in [3.8, 4) is 11.1 Å². The molecule has 146 valence electrons. The van der Waals surface area contributed by atoms with Gasteiger partial charge in [-0.15, -0.1) is 0 Å². The minimum Gasteiger partial charge on any atom is -0.207 e. The molecule has 0 saturated heterocycles. The van der Waals surface area contributed by atoms with Crippen LogP contribution in [-0.2, 0) is 0 Å². The fourth-order valence-electron chi connectivity index (χ4n) is 4.00. The van der Waals surface area contributed by atoms with Crippen molar-refractivity contribution in [2.45, 2.75) is 57.8 Å². The van der Waals surface area contributed by atoms with Crippen molar-refractivity contribution < 1.29 is 22.0 Å². The lowest BCUT2D eigenvalue weighted by molar-refractivity contribution is -0.0749. The summed E-state index contributed by atoms with van der Waals surface area (Å²) in [6, 6.07) is 7.25. The van der Waals surface area contributed by atoms with Crippen molar-refractivity contribution in [3.05, 3.63) is 58.9 Å². The molecule has 0 heterocycles. The van der Waals surface area contributed by atoms with Crippen LogP contribution >= 0.6 is 0 Å². The van der Waals surface area contributed by atoms with Crippen LogP contribution < -0.4 is 0 Å². The summed E-state index contributed by atoms with van der Waals surface area (Å²) >= 11 is 0. The molecule has 0 spiro atoms. The first kappa shape index (κ1) is 19.8. The van der Waals surface area contributed by atoms with Crippen LogP contribution in [-0.4, -0.2) is 5.92 Å². The number of hydrogen-bond donors (Lipinski definition) is 0. The Labute approximate surface area is 156 Å². The summed E-state index contributed by atoms with van der Waals surface area (Å²) in [5.41, 5.74) is 0.770. The third kappa shape index (κ3) is 3.87. The van der Waals surface area contributed by atoms with Crippen LogP contribution in [0.25, 0.3) is 11.1 Å². The molecule has 3 rings (SSSR count). The Morgan fingerprint density at radius 3 is 2.11 bits per heavy atom. The number of hydrogen-bond acceptors (Lipinski definition) is 0. The number of rotatable bonds is 4. The summed E-state index contributed by atoms with van der Waals surface area (Å²) in [5, 5.41) is 0. The molecule has 0 nitrogen and oxygen atoms in total. The lowest BCUT2D eigenvalue weighted by Crippen LogP contribution is -2.30. The van der Waals surface area contributed by atoms with Gasteiger partial charge in [0.15, 0.2) is 11.6 Å². The molecule has 2 aromatic carbocycles. The molecule has 0 radical (unpaired) electrons. The molecular weight excluding hydrogens is 359 g/mol. The zero-order chi connectivity index (χ0) is 19.8. The summed E-state index contributed by atoms with van der Waals surface area (Å²) in [6.07, 6.45) is 1.81. The molecule has 1 fully saturated rings. The van der Waals surface area contributed by atoms with Crippen LogP contribution in [0.5, 0.6) is 0 Å². The van der Waals surface area contributed by atoms with Crippen molar-refractivity contribution in [1.82, 2.24) is 0 Å². The lowest BCUT2D eigenvalue weighted by atomic mass is 9.75. The van der Waals surface area contributed by atoms with Crippen molar-refractivity contribution >= 4 is 0 Å². The van der Waals surface area contributed by atoms with Gasteiger partial charge in [0, 0.05) is 23.5 Å². The first-order valence-corrected chi connectivity index (χ1v) is 9.36. The summed E-state index contributed by atoms with van der Waals surface area (Å²) < 4.78 is 70.2. The summed E-state index contributed by atoms with van der Waals surface area (Å²) in [4.78, 5) is 0. The van der Waals surface area contributed by atoms with E-state index in [-0.39, 0.29) is 29.0 Å². The second-order valence-corrected chi connectivity index (χ2v) is 7.46. The molecule has 0 bridgehead atoms. The van der Waals surface area contributed by atoms with Crippen molar-refractivity contribution in [2.75, 3.05) is 0 Å². The van der Waals surface area contributed by atoms with Crippen LogP contribution in [0.15, 0.2) is 30.3 Å². The van der Waals surface area contributed by atoms with E-state index in [2.05, 4.69) is 0 Å². The number of benzene rings is 2. The monoisotopic (exact) mass is 382 g/mol. The number of alkyl halides is 2. The van der Waals surface area contributed by atoms with Gasteiger partial charge in [-0.1, -0.05) is 31.2 Å². The Balaban J connectivity index is 1.80. The van der Waals surface area contributed by atoms with Crippen LogP contribution in [0.4, 0.5) is 22.0 Å². The largest absolute Gasteiger partial charge is 0.250 e. The Kier molecular flexibility index (Phi) is 5.59. The predicted molar refractivity (Wildman–Crippen MR) is 96.4 cm³/mol. The number of halogens is 5. The van der Waals surface area contributed by atoms with Crippen LogP contribution in [0.1, 0.15) is 56.1 Å². The maximum absolute atomic E-state index is 14.6. The molecule has 0 aliphatic heterocycles. The predicted octanol–water partition coefficient (Wildman–Crippen LogP) is 7.40. The second kappa shape index (κ2) is 7.61. The van der Waals surface area contributed by atoms with E-state index >= 15 is 0 Å². The van der Waals surface area contributed by atoms with E-state index in [0.29, 0.717) is 25.7 Å². The normalized spacial score (nSPS) is 20.7. The Hall–Kier alpha value is -1.91. The fourth-order valence-corrected chi connectivity index (χ4v) is 4.00. The topological polar surface area (TPSA) is 0 Å². The SMILES string of the molecule is CCC(F)(F)C1CCC(c2ccc(-c3ccc(C)c(F)c3F)c(F)c2)CC1. The molecule has 1 aliphatic rings. The van der Waals surface area contributed by atoms with Crippen molar-refractivity contribution in [1.29, 1.82) is 0 Å². The highest BCUT2D eigenvalue weighted by molar-refractivity contribution is 5.66. The van der Waals surface area contributed by atoms with Gasteiger partial charge in [-0.05, 0) is 55.7 Å². The third-order valence-corrected chi connectivity index (χ3v) is 5.83. The Morgan fingerprint density at radius 1 is 0.889 bits per heavy atom. The van der Waals surface area contributed by atoms with Crippen molar-refractivity contribution in [3.63, 3.8) is 0 Å². The smallest absolute Gasteiger partial charge is 0.207 e. The molecule has 2 aromatic rings. The maximum atomic E-state index is 14.6. The van der Waals surface area contributed by atoms with Gasteiger partial charge in [0.25, 0.3) is 5.92 Å². The van der Waals surface area contributed by atoms with Gasteiger partial charge < -0.3 is 0 Å². The van der Waals surface area contributed by atoms with Gasteiger partial charge in [-0.2, -0.15) is 0 Å². The minimum absolute atomic E-state index is 0.00125. The van der Waals surface area contributed by atoms with Gasteiger partial charge in [0.05, 0.1) is 0 Å². The van der Waals surface area contributed by atoms with E-state index in [9.17, 15) is 22.0 Å². The molecule has 1 saturated carbocycles. The summed E-state index contributed by atoms with van der Waals surface area (Å²) in [7, 11) is 0. The van der Waals surface area contributed by atoms with Gasteiger partial charge in [-0.25, -0.2) is 22.0 Å². The van der Waals surface area contributed by atoms with E-state index in [0.717, 1.165) is 5.56 Å². The molecular formula is C22H23F5. The fraction of sp³-hybridized carbons (Fsp3) is 0.455. The zero-order valence-corrected chi connectivity index (χ0v) is 15.5. The van der Waals surface area contributed by atoms with Gasteiger partial charge in [-0.3, -0.25) is 0 Å². The first-order valence-electron chi connectivity index (χ1n) is 9.36. The lowest BCUT2D eigenvalue weighted by Gasteiger charge is -2.33. The molecule has 0 unspecified atom stereocenters. The molecule has 0 atom stereocenters. The molecule has 0 amide bonds. The van der Waals surface area contributed by atoms with E-state index in [1.54, 1.807) is 6.07 Å². The number of aryl methyl sites for hydroxylation is 1. The highest BCUT2D eigenvalue weighted by Gasteiger charge is 2.39. The molecule has 5 heteroatoms. The zero-order valence-electron chi connectivity index (χ0n) is 15.5. The van der Waals surface area contributed by atoms with Crippen LogP contribution in [0.2, 0.25) is 0 Å². The van der Waals surface area contributed by atoms with E-state index in [1.807, 2.05) is 0 Å². The van der Waals surface area contributed by atoms with Gasteiger partial charge in [0.2, 0.25) is 0 Å².